The normalized spacial score (nSPS) is 12.2. The highest BCUT2D eigenvalue weighted by Gasteiger charge is 2.08. The van der Waals surface area contributed by atoms with E-state index in [0.717, 1.165) is 36.1 Å². The minimum absolute atomic E-state index is 0.527. The quantitative estimate of drug-likeness (QED) is 0.471. The maximum Gasteiger partial charge on any atom is 0.214 e. The summed E-state index contributed by atoms with van der Waals surface area (Å²) < 4.78 is 1.79. The van der Waals surface area contributed by atoms with Crippen molar-refractivity contribution in [2.45, 2.75) is 24.4 Å². The average Bonchev–Trinajstić information content (AvgIpc) is 3.14. The topological polar surface area (TPSA) is 55.6 Å². The monoisotopic (exact) mass is 353 g/mol. The molecule has 2 aromatic carbocycles. The molecule has 1 heterocycles. The molecule has 0 aliphatic heterocycles. The van der Waals surface area contributed by atoms with Crippen LogP contribution in [-0.4, -0.2) is 39.0 Å². The molecule has 1 atom stereocenters. The van der Waals surface area contributed by atoms with Gasteiger partial charge in [-0.1, -0.05) is 67.2 Å². The molecule has 5 nitrogen and oxygen atoms in total. The minimum atomic E-state index is 0.527. The molecular weight excluding hydrogens is 330 g/mol. The van der Waals surface area contributed by atoms with Gasteiger partial charge in [-0.2, -0.15) is 4.68 Å². The lowest BCUT2D eigenvalue weighted by Crippen LogP contribution is -2.21. The van der Waals surface area contributed by atoms with E-state index in [2.05, 4.69) is 58.1 Å². The Morgan fingerprint density at radius 1 is 1.04 bits per heavy atom. The maximum atomic E-state index is 4.12. The highest BCUT2D eigenvalue weighted by molar-refractivity contribution is 7.99. The number of aromatic nitrogens is 4. The Hall–Kier alpha value is -2.18. The van der Waals surface area contributed by atoms with Gasteiger partial charge in [0.15, 0.2) is 0 Å². The lowest BCUT2D eigenvalue weighted by molar-refractivity contribution is 0.611. The zero-order chi connectivity index (χ0) is 17.3. The first-order valence-corrected chi connectivity index (χ1v) is 9.55. The van der Waals surface area contributed by atoms with Crippen LogP contribution in [0.4, 0.5) is 0 Å². The van der Waals surface area contributed by atoms with Gasteiger partial charge in [0.2, 0.25) is 5.16 Å². The second-order valence-corrected chi connectivity index (χ2v) is 6.99. The number of thioether (sulfide) groups is 1. The van der Waals surface area contributed by atoms with Crippen LogP contribution in [0, 0.1) is 0 Å². The number of hydrogen-bond donors (Lipinski definition) is 1. The van der Waals surface area contributed by atoms with Crippen molar-refractivity contribution in [3.05, 3.63) is 66.2 Å². The molecule has 0 radical (unpaired) electrons. The van der Waals surface area contributed by atoms with Crippen molar-refractivity contribution >= 4 is 11.8 Å². The first-order chi connectivity index (χ1) is 12.3. The first-order valence-electron chi connectivity index (χ1n) is 8.57. The maximum absolute atomic E-state index is 4.12. The molecule has 3 aromatic rings. The Bertz CT molecular complexity index is 745. The largest absolute Gasteiger partial charge is 0.316 e. The van der Waals surface area contributed by atoms with E-state index < -0.39 is 0 Å². The van der Waals surface area contributed by atoms with Crippen LogP contribution in [0.5, 0.6) is 0 Å². The van der Waals surface area contributed by atoms with Gasteiger partial charge in [0, 0.05) is 12.3 Å². The van der Waals surface area contributed by atoms with Gasteiger partial charge in [0.1, 0.15) is 0 Å². The van der Waals surface area contributed by atoms with E-state index >= 15 is 0 Å². The second-order valence-electron chi connectivity index (χ2n) is 5.93. The van der Waals surface area contributed by atoms with Gasteiger partial charge in [0.05, 0.1) is 5.69 Å². The van der Waals surface area contributed by atoms with Gasteiger partial charge >= 0.3 is 0 Å². The van der Waals surface area contributed by atoms with E-state index in [1.165, 1.54) is 5.56 Å². The minimum Gasteiger partial charge on any atom is -0.316 e. The van der Waals surface area contributed by atoms with Crippen molar-refractivity contribution in [1.82, 2.24) is 25.5 Å². The van der Waals surface area contributed by atoms with Gasteiger partial charge < -0.3 is 5.32 Å². The molecule has 1 aromatic heterocycles. The third-order valence-electron chi connectivity index (χ3n) is 3.99. The molecule has 0 bridgehead atoms. The van der Waals surface area contributed by atoms with Crippen molar-refractivity contribution in [1.29, 1.82) is 0 Å². The third-order valence-corrected chi connectivity index (χ3v) is 5.00. The van der Waals surface area contributed by atoms with Gasteiger partial charge in [-0.15, -0.1) is 5.10 Å². The second kappa shape index (κ2) is 9.34. The molecule has 1 N–H and O–H groups in total. The van der Waals surface area contributed by atoms with Crippen molar-refractivity contribution in [3.63, 3.8) is 0 Å². The summed E-state index contributed by atoms with van der Waals surface area (Å²) in [7, 11) is 0. The number of nitrogens with one attached hydrogen (secondary N) is 1. The lowest BCUT2D eigenvalue weighted by Gasteiger charge is -2.12. The highest BCUT2D eigenvalue weighted by Crippen LogP contribution is 2.18. The van der Waals surface area contributed by atoms with Crippen molar-refractivity contribution in [2.24, 2.45) is 0 Å². The Labute approximate surface area is 152 Å². The molecule has 0 spiro atoms. The summed E-state index contributed by atoms with van der Waals surface area (Å²) in [5.74, 6) is 1.51. The number of hydrogen-bond acceptors (Lipinski definition) is 5. The molecule has 0 aliphatic rings. The summed E-state index contributed by atoms with van der Waals surface area (Å²) in [4.78, 5) is 0. The standard InChI is InChI=1S/C19H23N5S/c1-16(17-9-4-2-5-10-17)15-20-13-8-14-25-19-21-22-23-24(19)18-11-6-3-7-12-18/h2-7,9-12,16,20H,8,13-15H2,1H3/t16-/m0/s1. The Morgan fingerprint density at radius 2 is 1.76 bits per heavy atom. The molecule has 0 amide bonds. The number of para-hydroxylation sites is 1. The summed E-state index contributed by atoms with van der Waals surface area (Å²) in [6.45, 7) is 4.25. The van der Waals surface area contributed by atoms with Crippen molar-refractivity contribution in [2.75, 3.05) is 18.8 Å². The van der Waals surface area contributed by atoms with Crippen LogP contribution in [0.15, 0.2) is 65.8 Å². The number of tetrazole rings is 1. The summed E-state index contributed by atoms with van der Waals surface area (Å²) in [6.07, 6.45) is 1.08. The van der Waals surface area contributed by atoms with E-state index in [0.29, 0.717) is 5.92 Å². The Morgan fingerprint density at radius 3 is 2.52 bits per heavy atom. The summed E-state index contributed by atoms with van der Waals surface area (Å²) in [5.41, 5.74) is 2.37. The van der Waals surface area contributed by atoms with E-state index in [4.69, 9.17) is 0 Å². The summed E-state index contributed by atoms with van der Waals surface area (Å²) in [5, 5.41) is 16.4. The smallest absolute Gasteiger partial charge is 0.214 e. The van der Waals surface area contributed by atoms with E-state index in [9.17, 15) is 0 Å². The molecule has 3 rings (SSSR count). The molecular formula is C19H23N5S. The molecule has 0 unspecified atom stereocenters. The van der Waals surface area contributed by atoms with Crippen LogP contribution in [0.1, 0.15) is 24.8 Å². The fourth-order valence-electron chi connectivity index (χ4n) is 2.58. The molecule has 25 heavy (non-hydrogen) atoms. The van der Waals surface area contributed by atoms with Gasteiger partial charge in [-0.25, -0.2) is 0 Å². The third kappa shape index (κ3) is 5.14. The fourth-order valence-corrected chi connectivity index (χ4v) is 3.41. The molecule has 6 heteroatoms. The Kier molecular flexibility index (Phi) is 6.59. The zero-order valence-corrected chi connectivity index (χ0v) is 15.2. The SMILES string of the molecule is C[C@@H](CNCCCSc1nnnn1-c1ccccc1)c1ccccc1. The van der Waals surface area contributed by atoms with E-state index in [1.807, 2.05) is 30.3 Å². The number of nitrogens with zero attached hydrogens (tertiary/aromatic N) is 4. The van der Waals surface area contributed by atoms with Gasteiger partial charge in [-0.05, 0) is 47.0 Å². The molecule has 0 aliphatic carbocycles. The van der Waals surface area contributed by atoms with Crippen LogP contribution in [0.3, 0.4) is 0 Å². The van der Waals surface area contributed by atoms with Crippen LogP contribution < -0.4 is 5.32 Å². The van der Waals surface area contributed by atoms with Crippen LogP contribution in [0.25, 0.3) is 5.69 Å². The van der Waals surface area contributed by atoms with E-state index in [-0.39, 0.29) is 0 Å². The van der Waals surface area contributed by atoms with E-state index in [1.54, 1.807) is 16.4 Å². The van der Waals surface area contributed by atoms with Crippen LogP contribution in [-0.2, 0) is 0 Å². The predicted octanol–water partition coefficient (Wildman–Crippen LogP) is 3.54. The molecule has 130 valence electrons. The number of rotatable bonds is 9. The van der Waals surface area contributed by atoms with Gasteiger partial charge in [0.25, 0.3) is 0 Å². The average molecular weight is 353 g/mol. The fraction of sp³-hybridized carbons (Fsp3) is 0.316. The molecule has 0 saturated carbocycles. The van der Waals surface area contributed by atoms with Crippen LogP contribution in [0.2, 0.25) is 0 Å². The number of benzene rings is 2. The Balaban J connectivity index is 1.38. The van der Waals surface area contributed by atoms with Crippen LogP contribution >= 0.6 is 11.8 Å². The van der Waals surface area contributed by atoms with Crippen molar-refractivity contribution in [3.8, 4) is 5.69 Å². The molecule has 0 saturated heterocycles. The zero-order valence-electron chi connectivity index (χ0n) is 14.4. The lowest BCUT2D eigenvalue weighted by atomic mass is 10.0. The van der Waals surface area contributed by atoms with Crippen molar-refractivity contribution < 1.29 is 0 Å². The summed E-state index contributed by atoms with van der Waals surface area (Å²) in [6, 6.07) is 20.6. The first kappa shape index (κ1) is 17.6. The molecule has 0 fully saturated rings. The van der Waals surface area contributed by atoms with Gasteiger partial charge in [-0.3, -0.25) is 0 Å². The predicted molar refractivity (Wildman–Crippen MR) is 102 cm³/mol. The summed E-state index contributed by atoms with van der Waals surface area (Å²) >= 11 is 1.69. The highest BCUT2D eigenvalue weighted by atomic mass is 32.2.